The molecule has 9 heteroatoms. The molecule has 0 unspecified atom stereocenters. The third kappa shape index (κ3) is 4.59. The maximum atomic E-state index is 12.3. The summed E-state index contributed by atoms with van der Waals surface area (Å²) in [6, 6.07) is 1.41. The van der Waals surface area contributed by atoms with Gasteiger partial charge in [0.15, 0.2) is 6.61 Å². The van der Waals surface area contributed by atoms with Crippen LogP contribution in [-0.2, 0) is 9.53 Å². The monoisotopic (exact) mass is 404 g/mol. The van der Waals surface area contributed by atoms with Crippen molar-refractivity contribution < 1.29 is 19.1 Å². The van der Waals surface area contributed by atoms with Gasteiger partial charge in [-0.3, -0.25) is 10.1 Å². The van der Waals surface area contributed by atoms with Crippen LogP contribution in [-0.4, -0.2) is 35.5 Å². The number of carbonyl (C=O) groups excluding carboxylic acids is 3. The highest BCUT2D eigenvalue weighted by molar-refractivity contribution is 7.21. The zero-order chi connectivity index (χ0) is 20.3. The molecule has 1 aliphatic carbocycles. The molecular formula is C19H24N4O4S. The Hall–Kier alpha value is -2.68. The molecule has 150 valence electrons. The SMILES string of the molecule is Cc1cc(C)c2c(N)c(C(=O)OCC(=O)NC(=O)NC3CCCCC3)sc2n1. The molecule has 2 heterocycles. The topological polar surface area (TPSA) is 123 Å². The Morgan fingerprint density at radius 1 is 1.25 bits per heavy atom. The normalized spacial score (nSPS) is 14.6. The van der Waals surface area contributed by atoms with Crippen LogP contribution in [0.15, 0.2) is 6.07 Å². The number of esters is 1. The molecule has 0 bridgehead atoms. The minimum atomic E-state index is -0.708. The predicted molar refractivity (Wildman–Crippen MR) is 107 cm³/mol. The van der Waals surface area contributed by atoms with Crippen LogP contribution in [0.3, 0.4) is 0 Å². The van der Waals surface area contributed by atoms with Gasteiger partial charge >= 0.3 is 12.0 Å². The van der Waals surface area contributed by atoms with Gasteiger partial charge in [-0.15, -0.1) is 11.3 Å². The largest absolute Gasteiger partial charge is 0.451 e. The molecule has 0 aliphatic heterocycles. The van der Waals surface area contributed by atoms with Gasteiger partial charge in [-0.1, -0.05) is 19.3 Å². The van der Waals surface area contributed by atoms with Crippen LogP contribution in [0.2, 0.25) is 0 Å². The van der Waals surface area contributed by atoms with E-state index in [0.29, 0.717) is 10.5 Å². The van der Waals surface area contributed by atoms with E-state index in [1.54, 1.807) is 0 Å². The smallest absolute Gasteiger partial charge is 0.351 e. The Labute approximate surface area is 166 Å². The number of hydrogen-bond donors (Lipinski definition) is 3. The van der Waals surface area contributed by atoms with E-state index in [4.69, 9.17) is 10.5 Å². The third-order valence-corrected chi connectivity index (χ3v) is 5.82. The second-order valence-electron chi connectivity index (χ2n) is 7.04. The molecule has 0 radical (unpaired) electrons. The Balaban J connectivity index is 1.55. The summed E-state index contributed by atoms with van der Waals surface area (Å²) in [6.45, 7) is 3.20. The van der Waals surface area contributed by atoms with Crippen molar-refractivity contribution in [2.75, 3.05) is 12.3 Å². The molecule has 8 nitrogen and oxygen atoms in total. The molecule has 0 spiro atoms. The minimum Gasteiger partial charge on any atom is -0.451 e. The lowest BCUT2D eigenvalue weighted by Gasteiger charge is -2.22. The number of fused-ring (bicyclic) bond motifs is 1. The lowest BCUT2D eigenvalue weighted by Crippen LogP contribution is -2.46. The first kappa shape index (κ1) is 20.1. The van der Waals surface area contributed by atoms with Crippen molar-refractivity contribution in [3.63, 3.8) is 0 Å². The molecule has 3 amide bonds. The van der Waals surface area contributed by atoms with Crippen LogP contribution in [0.25, 0.3) is 10.2 Å². The van der Waals surface area contributed by atoms with Gasteiger partial charge in [-0.25, -0.2) is 14.6 Å². The van der Waals surface area contributed by atoms with Crippen LogP contribution in [0, 0.1) is 13.8 Å². The van der Waals surface area contributed by atoms with Gasteiger partial charge in [0.1, 0.15) is 9.71 Å². The lowest BCUT2D eigenvalue weighted by molar-refractivity contribution is -0.123. The molecule has 4 N–H and O–H groups in total. The van der Waals surface area contributed by atoms with Gasteiger partial charge in [0.2, 0.25) is 0 Å². The summed E-state index contributed by atoms with van der Waals surface area (Å²) in [5.41, 5.74) is 8.14. The van der Waals surface area contributed by atoms with Gasteiger partial charge in [-0.2, -0.15) is 0 Å². The minimum absolute atomic E-state index is 0.0849. The number of carbonyl (C=O) groups is 3. The number of hydrogen-bond acceptors (Lipinski definition) is 7. The standard InChI is InChI=1S/C19H24N4O4S/c1-10-8-11(2)21-17-14(10)15(20)16(28-17)18(25)27-9-13(24)23-19(26)22-12-6-4-3-5-7-12/h8,12H,3-7,9,20H2,1-2H3,(H2,22,23,24,26). The highest BCUT2D eigenvalue weighted by Crippen LogP contribution is 2.35. The zero-order valence-corrected chi connectivity index (χ0v) is 16.8. The molecule has 28 heavy (non-hydrogen) atoms. The number of nitrogens with one attached hydrogen (secondary N) is 2. The number of amides is 3. The Bertz CT molecular complexity index is 918. The van der Waals surface area contributed by atoms with Gasteiger partial charge in [-0.05, 0) is 38.3 Å². The third-order valence-electron chi connectivity index (χ3n) is 4.74. The Kier molecular flexibility index (Phi) is 6.13. The highest BCUT2D eigenvalue weighted by Gasteiger charge is 2.22. The van der Waals surface area contributed by atoms with Gasteiger partial charge in [0.05, 0.1) is 5.69 Å². The Morgan fingerprint density at radius 2 is 1.96 bits per heavy atom. The number of nitrogens with two attached hydrogens (primary N) is 1. The molecule has 2 aromatic rings. The number of nitrogen functional groups attached to an aromatic ring is 1. The fourth-order valence-corrected chi connectivity index (χ4v) is 4.56. The van der Waals surface area contributed by atoms with E-state index in [0.717, 1.165) is 53.7 Å². The molecule has 0 atom stereocenters. The summed E-state index contributed by atoms with van der Waals surface area (Å²) in [5, 5.41) is 5.68. The zero-order valence-electron chi connectivity index (χ0n) is 16.0. The maximum Gasteiger partial charge on any atom is 0.351 e. The summed E-state index contributed by atoms with van der Waals surface area (Å²) in [7, 11) is 0. The molecule has 1 saturated carbocycles. The van der Waals surface area contributed by atoms with Gasteiger partial charge < -0.3 is 15.8 Å². The van der Waals surface area contributed by atoms with Gasteiger partial charge in [0.25, 0.3) is 5.91 Å². The van der Waals surface area contributed by atoms with Crippen molar-refractivity contribution in [2.24, 2.45) is 0 Å². The second-order valence-corrected chi connectivity index (χ2v) is 8.04. The van der Waals surface area contributed by atoms with Crippen LogP contribution in [0.5, 0.6) is 0 Å². The van der Waals surface area contributed by atoms with Crippen molar-refractivity contribution in [1.29, 1.82) is 0 Å². The number of nitrogens with zero attached hydrogens (tertiary/aromatic N) is 1. The molecule has 0 aromatic carbocycles. The van der Waals surface area contributed by atoms with Crippen molar-refractivity contribution >= 4 is 45.1 Å². The Morgan fingerprint density at radius 3 is 2.68 bits per heavy atom. The summed E-state index contributed by atoms with van der Waals surface area (Å²) in [4.78, 5) is 41.3. The molecule has 0 saturated heterocycles. The number of urea groups is 1. The van der Waals surface area contributed by atoms with E-state index in [2.05, 4.69) is 15.6 Å². The van der Waals surface area contributed by atoms with Crippen LogP contribution >= 0.6 is 11.3 Å². The van der Waals surface area contributed by atoms with Crippen LogP contribution in [0.4, 0.5) is 10.5 Å². The van der Waals surface area contributed by atoms with Gasteiger partial charge in [0, 0.05) is 17.1 Å². The van der Waals surface area contributed by atoms with Crippen molar-refractivity contribution in [1.82, 2.24) is 15.6 Å². The number of anilines is 1. The number of aryl methyl sites for hydroxylation is 2. The number of imide groups is 1. The van der Waals surface area contributed by atoms with E-state index >= 15 is 0 Å². The van der Waals surface area contributed by atoms with Crippen LogP contribution in [0.1, 0.15) is 53.0 Å². The molecular weight excluding hydrogens is 380 g/mol. The fourth-order valence-electron chi connectivity index (χ4n) is 3.45. The van der Waals surface area contributed by atoms with E-state index in [1.165, 1.54) is 6.42 Å². The van der Waals surface area contributed by atoms with Crippen molar-refractivity contribution in [2.45, 2.75) is 52.0 Å². The molecule has 2 aromatic heterocycles. The number of pyridine rings is 1. The summed E-state index contributed by atoms with van der Waals surface area (Å²) in [6.07, 6.45) is 5.13. The van der Waals surface area contributed by atoms with Crippen LogP contribution < -0.4 is 16.4 Å². The first-order valence-electron chi connectivity index (χ1n) is 9.29. The molecule has 1 aliphatic rings. The van der Waals surface area contributed by atoms with E-state index in [9.17, 15) is 14.4 Å². The molecule has 1 fully saturated rings. The number of rotatable bonds is 4. The maximum absolute atomic E-state index is 12.3. The quantitative estimate of drug-likeness (QED) is 0.673. The number of aromatic nitrogens is 1. The predicted octanol–water partition coefficient (Wildman–Crippen LogP) is 2.81. The first-order valence-corrected chi connectivity index (χ1v) is 10.1. The van der Waals surface area contributed by atoms with E-state index in [-0.39, 0.29) is 10.9 Å². The fraction of sp³-hybridized carbons (Fsp3) is 0.474. The van der Waals surface area contributed by atoms with Crippen molar-refractivity contribution in [3.05, 3.63) is 22.2 Å². The lowest BCUT2D eigenvalue weighted by atomic mass is 9.96. The average Bonchev–Trinajstić information content (AvgIpc) is 2.97. The average molecular weight is 404 g/mol. The van der Waals surface area contributed by atoms with E-state index in [1.807, 2.05) is 19.9 Å². The summed E-state index contributed by atoms with van der Waals surface area (Å²) >= 11 is 1.13. The first-order chi connectivity index (χ1) is 13.3. The van der Waals surface area contributed by atoms with Crippen molar-refractivity contribution in [3.8, 4) is 0 Å². The summed E-state index contributed by atoms with van der Waals surface area (Å²) in [5.74, 6) is -1.40. The molecule has 3 rings (SSSR count). The summed E-state index contributed by atoms with van der Waals surface area (Å²) < 4.78 is 5.03. The van der Waals surface area contributed by atoms with E-state index < -0.39 is 24.5 Å². The number of thiophene rings is 1. The number of ether oxygens (including phenoxy) is 1. The second kappa shape index (κ2) is 8.55. The highest BCUT2D eigenvalue weighted by atomic mass is 32.1.